The van der Waals surface area contributed by atoms with Crippen molar-refractivity contribution in [2.45, 2.75) is 0 Å². The zero-order chi connectivity index (χ0) is 40.7. The van der Waals surface area contributed by atoms with E-state index in [0.717, 1.165) is 54.5 Å². The molecule has 0 spiro atoms. The molecule has 0 radical (unpaired) electrons. The monoisotopic (exact) mass is 806 g/mol. The van der Waals surface area contributed by atoms with Crippen molar-refractivity contribution < 1.29 is 0 Å². The van der Waals surface area contributed by atoms with Gasteiger partial charge in [-0.25, -0.2) is 4.98 Å². The predicted molar refractivity (Wildman–Crippen MR) is 261 cm³/mol. The van der Waals surface area contributed by atoms with Gasteiger partial charge in [-0.15, -0.1) is 11.3 Å². The average molecular weight is 807 g/mol. The summed E-state index contributed by atoms with van der Waals surface area (Å²) in [5.74, 6) is 1.83. The lowest BCUT2D eigenvalue weighted by atomic mass is 9.92. The molecule has 0 aliphatic rings. The summed E-state index contributed by atoms with van der Waals surface area (Å²) in [5, 5.41) is 12.0. The van der Waals surface area contributed by atoms with Gasteiger partial charge >= 0.3 is 0 Å². The number of benzene rings is 10. The number of thiophene rings is 1. The van der Waals surface area contributed by atoms with E-state index in [-0.39, 0.29) is 0 Å². The largest absolute Gasteiger partial charge is 0.278 e. The molecule has 0 unspecified atom stereocenters. The molecule has 10 aromatic carbocycles. The zero-order valence-corrected chi connectivity index (χ0v) is 34.1. The Morgan fingerprint density at radius 1 is 0.339 bits per heavy atom. The van der Waals surface area contributed by atoms with E-state index in [2.05, 4.69) is 205 Å². The van der Waals surface area contributed by atoms with E-state index >= 15 is 0 Å². The van der Waals surface area contributed by atoms with Gasteiger partial charge in [-0.1, -0.05) is 182 Å². The standard InChI is InChI=1S/C57H34N4S/c1-4-18-35(19-5-1)45-33-48-52(42-28-14-12-26-40(42)45)53-43-29-15-13-27-41(43)46(36-20-6-2-7-21-36)34-49(53)61(48)57-59-55(37-22-8-3-9-23-37)58-56(60-57)47-32-38-24-10-11-25-39(38)51-44-30-16-17-31-50(44)62-54(47)51/h1-34H. The van der Waals surface area contributed by atoms with Gasteiger partial charge in [0.25, 0.3) is 0 Å². The number of nitrogens with zero attached hydrogens (tertiary/aromatic N) is 4. The van der Waals surface area contributed by atoms with Crippen molar-refractivity contribution in [1.29, 1.82) is 0 Å². The molecule has 0 saturated carbocycles. The molecule has 13 rings (SSSR count). The zero-order valence-electron chi connectivity index (χ0n) is 33.3. The van der Waals surface area contributed by atoms with Crippen LogP contribution in [0.3, 0.4) is 0 Å². The Morgan fingerprint density at radius 3 is 1.40 bits per heavy atom. The minimum absolute atomic E-state index is 0.569. The topological polar surface area (TPSA) is 43.6 Å². The van der Waals surface area contributed by atoms with Crippen molar-refractivity contribution in [1.82, 2.24) is 19.5 Å². The van der Waals surface area contributed by atoms with Crippen LogP contribution in [0.25, 0.3) is 125 Å². The Kier molecular flexibility index (Phi) is 7.74. The lowest BCUT2D eigenvalue weighted by Gasteiger charge is -2.14. The fourth-order valence-corrected chi connectivity index (χ4v) is 10.9. The van der Waals surface area contributed by atoms with Crippen LogP contribution in [0, 0.1) is 0 Å². The van der Waals surface area contributed by atoms with Gasteiger partial charge in [0.15, 0.2) is 11.6 Å². The molecule has 0 aliphatic heterocycles. The summed E-state index contributed by atoms with van der Waals surface area (Å²) in [4.78, 5) is 16.4. The van der Waals surface area contributed by atoms with Gasteiger partial charge in [-0.05, 0) is 78.8 Å². The van der Waals surface area contributed by atoms with Crippen molar-refractivity contribution in [2.24, 2.45) is 0 Å². The number of hydrogen-bond donors (Lipinski definition) is 0. The summed E-state index contributed by atoms with van der Waals surface area (Å²) < 4.78 is 4.71. The molecule has 0 fully saturated rings. The normalized spacial score (nSPS) is 11.9. The van der Waals surface area contributed by atoms with E-state index in [1.807, 2.05) is 6.07 Å². The Morgan fingerprint density at radius 2 is 0.806 bits per heavy atom. The predicted octanol–water partition coefficient (Wildman–Crippen LogP) is 15.5. The molecule has 0 saturated heterocycles. The van der Waals surface area contributed by atoms with Gasteiger partial charge in [-0.3, -0.25) is 4.57 Å². The highest BCUT2D eigenvalue weighted by Crippen LogP contribution is 2.47. The van der Waals surface area contributed by atoms with Crippen LogP contribution in [0.5, 0.6) is 0 Å². The SMILES string of the molecule is c1ccc(-c2nc(-c3cc4ccccc4c4c3sc3ccccc34)nc(-n3c4cc(-c5ccccc5)c5ccccc5c4c4c5ccccc5c(-c5ccccc5)cc43)n2)cc1. The second-order valence-electron chi connectivity index (χ2n) is 15.9. The van der Waals surface area contributed by atoms with E-state index in [4.69, 9.17) is 15.0 Å². The molecule has 13 aromatic rings. The number of hydrogen-bond acceptors (Lipinski definition) is 4. The molecule has 3 heterocycles. The van der Waals surface area contributed by atoms with Crippen molar-refractivity contribution >= 4 is 85.6 Å². The van der Waals surface area contributed by atoms with Crippen molar-refractivity contribution in [3.05, 3.63) is 206 Å². The molecule has 0 amide bonds. The first-order chi connectivity index (χ1) is 30.8. The third-order valence-corrected chi connectivity index (χ3v) is 13.6. The van der Waals surface area contributed by atoms with Gasteiger partial charge in [0.2, 0.25) is 5.95 Å². The van der Waals surface area contributed by atoms with Gasteiger partial charge < -0.3 is 0 Å². The Labute approximate surface area is 360 Å². The van der Waals surface area contributed by atoms with Gasteiger partial charge in [0, 0.05) is 42.1 Å². The lowest BCUT2D eigenvalue weighted by molar-refractivity contribution is 0.955. The summed E-state index contributed by atoms with van der Waals surface area (Å²) in [6.07, 6.45) is 0. The van der Waals surface area contributed by atoms with Crippen LogP contribution in [-0.2, 0) is 0 Å². The maximum absolute atomic E-state index is 5.61. The van der Waals surface area contributed by atoms with E-state index in [1.165, 1.54) is 53.2 Å². The van der Waals surface area contributed by atoms with Gasteiger partial charge in [0.05, 0.1) is 11.0 Å². The molecule has 0 bridgehead atoms. The minimum atomic E-state index is 0.569. The fraction of sp³-hybridized carbons (Fsp3) is 0. The Balaban J connectivity index is 1.22. The third kappa shape index (κ3) is 5.29. The molecular weight excluding hydrogens is 773 g/mol. The van der Waals surface area contributed by atoms with Crippen LogP contribution in [-0.4, -0.2) is 19.5 Å². The highest BCUT2D eigenvalue weighted by molar-refractivity contribution is 7.26. The smallest absolute Gasteiger partial charge is 0.238 e. The molecule has 0 N–H and O–H groups in total. The summed E-state index contributed by atoms with van der Waals surface area (Å²) in [6.45, 7) is 0. The molecule has 3 aromatic heterocycles. The van der Waals surface area contributed by atoms with E-state index in [9.17, 15) is 0 Å². The summed E-state index contributed by atoms with van der Waals surface area (Å²) in [5.41, 5.74) is 8.62. The maximum atomic E-state index is 5.61. The average Bonchev–Trinajstić information content (AvgIpc) is 3.91. The van der Waals surface area contributed by atoms with Crippen LogP contribution in [0.15, 0.2) is 206 Å². The van der Waals surface area contributed by atoms with E-state index in [0.29, 0.717) is 17.6 Å². The summed E-state index contributed by atoms with van der Waals surface area (Å²) >= 11 is 1.80. The summed E-state index contributed by atoms with van der Waals surface area (Å²) in [7, 11) is 0. The van der Waals surface area contributed by atoms with Crippen molar-refractivity contribution in [3.8, 4) is 51.0 Å². The number of aromatic nitrogens is 4. The second-order valence-corrected chi connectivity index (χ2v) is 16.9. The first kappa shape index (κ1) is 34.8. The molecule has 4 nitrogen and oxygen atoms in total. The first-order valence-electron chi connectivity index (χ1n) is 20.9. The highest BCUT2D eigenvalue weighted by Gasteiger charge is 2.25. The molecule has 0 aliphatic carbocycles. The molecule has 0 atom stereocenters. The number of fused-ring (bicyclic) bond motifs is 12. The highest BCUT2D eigenvalue weighted by atomic mass is 32.1. The Bertz CT molecular complexity index is 3770. The number of rotatable bonds is 5. The van der Waals surface area contributed by atoms with Crippen LogP contribution >= 0.6 is 11.3 Å². The van der Waals surface area contributed by atoms with Crippen LogP contribution in [0.1, 0.15) is 0 Å². The third-order valence-electron chi connectivity index (χ3n) is 12.4. The van der Waals surface area contributed by atoms with E-state index in [1.54, 1.807) is 11.3 Å². The molecule has 288 valence electrons. The second kappa shape index (κ2) is 13.8. The Hall–Kier alpha value is -7.99. The maximum Gasteiger partial charge on any atom is 0.238 e. The van der Waals surface area contributed by atoms with Gasteiger partial charge in [-0.2, -0.15) is 9.97 Å². The summed E-state index contributed by atoms with van der Waals surface area (Å²) in [6, 6.07) is 73.8. The van der Waals surface area contributed by atoms with Crippen molar-refractivity contribution in [3.63, 3.8) is 0 Å². The first-order valence-corrected chi connectivity index (χ1v) is 21.8. The lowest BCUT2D eigenvalue weighted by Crippen LogP contribution is -2.07. The van der Waals surface area contributed by atoms with Crippen LogP contribution in [0.2, 0.25) is 0 Å². The van der Waals surface area contributed by atoms with E-state index < -0.39 is 0 Å². The minimum Gasteiger partial charge on any atom is -0.278 e. The molecule has 62 heavy (non-hydrogen) atoms. The molecular formula is C57H34N4S. The quantitative estimate of drug-likeness (QED) is 0.174. The van der Waals surface area contributed by atoms with Gasteiger partial charge in [0.1, 0.15) is 0 Å². The molecule has 5 heteroatoms. The fourth-order valence-electron chi connectivity index (χ4n) is 9.70. The van der Waals surface area contributed by atoms with Crippen molar-refractivity contribution in [2.75, 3.05) is 0 Å². The van der Waals surface area contributed by atoms with Crippen LogP contribution in [0.4, 0.5) is 0 Å². The van der Waals surface area contributed by atoms with Crippen LogP contribution < -0.4 is 0 Å².